The number of nitrogens with zero attached hydrogens (tertiary/aromatic N) is 4. The molecule has 212 valence electrons. The fraction of sp³-hybridized carbons (Fsp3) is 0.630. The fourth-order valence-electron chi connectivity index (χ4n) is 5.05. The number of thiazole rings is 1. The number of aliphatic hydroxyl groups excluding tert-OH is 2. The summed E-state index contributed by atoms with van der Waals surface area (Å²) in [6.45, 7) is 10.5. The molecule has 10 nitrogen and oxygen atoms in total. The largest absolute Gasteiger partial charge is 0.390 e. The number of aliphatic hydroxyl groups is 2. The fourth-order valence-corrected chi connectivity index (χ4v) is 7.34. The zero-order valence-corrected chi connectivity index (χ0v) is 24.7. The monoisotopic (exact) mass is 574 g/mol. The summed E-state index contributed by atoms with van der Waals surface area (Å²) in [5, 5.41) is 29.0. The first kappa shape index (κ1) is 28.1. The van der Waals surface area contributed by atoms with E-state index in [2.05, 4.69) is 36.4 Å². The summed E-state index contributed by atoms with van der Waals surface area (Å²) in [4.78, 5) is 19.1. The van der Waals surface area contributed by atoms with Gasteiger partial charge >= 0.3 is 0 Å². The number of anilines is 2. The van der Waals surface area contributed by atoms with E-state index >= 15 is 0 Å². The Kier molecular flexibility index (Phi) is 7.60. The summed E-state index contributed by atoms with van der Waals surface area (Å²) in [7, 11) is -3.31. The second-order valence-corrected chi connectivity index (χ2v) is 15.5. The predicted molar refractivity (Wildman–Crippen MR) is 155 cm³/mol. The van der Waals surface area contributed by atoms with Crippen LogP contribution in [0.25, 0.3) is 20.8 Å². The van der Waals surface area contributed by atoms with Gasteiger partial charge in [0.1, 0.15) is 32.3 Å². The third-order valence-corrected chi connectivity index (χ3v) is 10.3. The van der Waals surface area contributed by atoms with Crippen LogP contribution in [0.2, 0.25) is 0 Å². The Labute approximate surface area is 233 Å². The van der Waals surface area contributed by atoms with Crippen LogP contribution in [0.4, 0.5) is 11.8 Å². The number of fused-ring (bicyclic) bond motifs is 1. The first-order valence-corrected chi connectivity index (χ1v) is 16.2. The zero-order valence-electron chi connectivity index (χ0n) is 23.1. The van der Waals surface area contributed by atoms with E-state index in [9.17, 15) is 18.6 Å². The molecular formula is C27H38N6O4S2. The Balaban J connectivity index is 1.52. The molecule has 39 heavy (non-hydrogen) atoms. The Morgan fingerprint density at radius 2 is 1.87 bits per heavy atom. The van der Waals surface area contributed by atoms with Crippen molar-refractivity contribution in [3.8, 4) is 10.6 Å². The summed E-state index contributed by atoms with van der Waals surface area (Å²) >= 11 is 1.55. The quantitative estimate of drug-likeness (QED) is 0.297. The third-order valence-electron chi connectivity index (χ3n) is 7.41. The molecule has 0 amide bonds. The van der Waals surface area contributed by atoms with Crippen molar-refractivity contribution in [2.75, 3.05) is 28.7 Å². The molecular weight excluding hydrogens is 536 g/mol. The third kappa shape index (κ3) is 6.18. The maximum absolute atomic E-state index is 12.3. The average molecular weight is 575 g/mol. The van der Waals surface area contributed by atoms with Crippen LogP contribution in [-0.2, 0) is 9.84 Å². The first-order chi connectivity index (χ1) is 18.3. The highest BCUT2D eigenvalue weighted by atomic mass is 32.2. The Morgan fingerprint density at radius 1 is 1.13 bits per heavy atom. The molecule has 3 heterocycles. The SMILES string of the molecule is CCS(=O)(=O)C[C@H]1CC(Nc2nc(NCC(C)(C)C)nc(C)c2-c2nc3c(C4CC4)nccc3s2)[C@H](O)[C@@H]1O. The zero-order chi connectivity index (χ0) is 28.1. The number of hydrogen-bond acceptors (Lipinski definition) is 11. The highest BCUT2D eigenvalue weighted by Crippen LogP contribution is 2.44. The van der Waals surface area contributed by atoms with Gasteiger partial charge in [0.2, 0.25) is 5.95 Å². The van der Waals surface area contributed by atoms with E-state index < -0.39 is 34.0 Å². The molecule has 1 unspecified atom stereocenters. The first-order valence-electron chi connectivity index (χ1n) is 13.6. The van der Waals surface area contributed by atoms with Gasteiger partial charge in [-0.1, -0.05) is 27.7 Å². The van der Waals surface area contributed by atoms with Crippen LogP contribution in [0.3, 0.4) is 0 Å². The minimum absolute atomic E-state index is 0.00220. The molecule has 0 aromatic carbocycles. The lowest BCUT2D eigenvalue weighted by Gasteiger charge is -2.22. The predicted octanol–water partition coefficient (Wildman–Crippen LogP) is 3.75. The van der Waals surface area contributed by atoms with Gasteiger partial charge in [0.05, 0.1) is 39.5 Å². The molecule has 0 radical (unpaired) electrons. The van der Waals surface area contributed by atoms with E-state index in [4.69, 9.17) is 15.0 Å². The van der Waals surface area contributed by atoms with Gasteiger partial charge < -0.3 is 20.8 Å². The number of nitrogens with one attached hydrogen (secondary N) is 2. The number of hydrogen-bond donors (Lipinski definition) is 4. The molecule has 0 bridgehead atoms. The molecule has 3 aromatic heterocycles. The van der Waals surface area contributed by atoms with E-state index in [0.29, 0.717) is 30.6 Å². The average Bonchev–Trinajstić information content (AvgIpc) is 3.57. The van der Waals surface area contributed by atoms with Gasteiger partial charge in [-0.15, -0.1) is 11.3 Å². The van der Waals surface area contributed by atoms with Crippen LogP contribution in [0.1, 0.15) is 64.3 Å². The van der Waals surface area contributed by atoms with Crippen LogP contribution in [-0.4, -0.2) is 74.9 Å². The number of aryl methyl sites for hydroxylation is 1. The number of pyridine rings is 1. The van der Waals surface area contributed by atoms with Crippen LogP contribution in [0, 0.1) is 18.3 Å². The van der Waals surface area contributed by atoms with Crippen LogP contribution in [0.15, 0.2) is 12.3 Å². The number of aromatic nitrogens is 4. The lowest BCUT2D eigenvalue weighted by molar-refractivity contribution is 0.0216. The van der Waals surface area contributed by atoms with Gasteiger partial charge in [-0.3, -0.25) is 4.98 Å². The van der Waals surface area contributed by atoms with Crippen molar-refractivity contribution in [2.45, 2.75) is 78.0 Å². The smallest absolute Gasteiger partial charge is 0.224 e. The molecule has 3 aromatic rings. The molecule has 2 saturated carbocycles. The Hall–Kier alpha value is -2.41. The van der Waals surface area contributed by atoms with Gasteiger partial charge in [-0.25, -0.2) is 18.4 Å². The van der Waals surface area contributed by atoms with Gasteiger partial charge in [0, 0.05) is 30.3 Å². The minimum Gasteiger partial charge on any atom is -0.390 e. The Morgan fingerprint density at radius 3 is 2.54 bits per heavy atom. The molecule has 2 aliphatic carbocycles. The topological polar surface area (TPSA) is 150 Å². The molecule has 4 N–H and O–H groups in total. The highest BCUT2D eigenvalue weighted by Gasteiger charge is 2.43. The molecule has 2 aliphatic rings. The number of sulfone groups is 1. The molecule has 5 rings (SSSR count). The van der Waals surface area contributed by atoms with Crippen molar-refractivity contribution in [3.63, 3.8) is 0 Å². The summed E-state index contributed by atoms with van der Waals surface area (Å²) in [5.41, 5.74) is 3.39. The molecule has 4 atom stereocenters. The van der Waals surface area contributed by atoms with Gasteiger partial charge in [0.25, 0.3) is 0 Å². The van der Waals surface area contributed by atoms with E-state index in [1.54, 1.807) is 18.3 Å². The van der Waals surface area contributed by atoms with Crippen LogP contribution < -0.4 is 10.6 Å². The lowest BCUT2D eigenvalue weighted by Crippen LogP contribution is -2.36. The summed E-state index contributed by atoms with van der Waals surface area (Å²) in [5.74, 6) is 0.666. The van der Waals surface area contributed by atoms with Crippen molar-refractivity contribution in [2.24, 2.45) is 11.3 Å². The second-order valence-electron chi connectivity index (χ2n) is 12.0. The van der Waals surface area contributed by atoms with Crippen molar-refractivity contribution in [3.05, 3.63) is 23.7 Å². The highest BCUT2D eigenvalue weighted by molar-refractivity contribution is 7.91. The molecule has 0 spiro atoms. The van der Waals surface area contributed by atoms with Crippen LogP contribution in [0.5, 0.6) is 0 Å². The second kappa shape index (κ2) is 10.5. The van der Waals surface area contributed by atoms with E-state index in [1.165, 1.54) is 0 Å². The summed E-state index contributed by atoms with van der Waals surface area (Å²) < 4.78 is 25.6. The van der Waals surface area contributed by atoms with Crippen molar-refractivity contribution in [1.82, 2.24) is 19.9 Å². The summed E-state index contributed by atoms with van der Waals surface area (Å²) in [6, 6.07) is 1.39. The Bertz CT molecular complexity index is 1460. The van der Waals surface area contributed by atoms with E-state index in [-0.39, 0.29) is 16.9 Å². The molecule has 0 aliphatic heterocycles. The van der Waals surface area contributed by atoms with E-state index in [1.807, 2.05) is 19.2 Å². The van der Waals surface area contributed by atoms with Gasteiger partial charge in [0.15, 0.2) is 0 Å². The molecule has 12 heteroatoms. The van der Waals surface area contributed by atoms with Crippen molar-refractivity contribution < 1.29 is 18.6 Å². The maximum Gasteiger partial charge on any atom is 0.224 e. The molecule has 2 fully saturated rings. The maximum atomic E-state index is 12.3. The lowest BCUT2D eigenvalue weighted by atomic mass is 9.97. The molecule has 0 saturated heterocycles. The van der Waals surface area contributed by atoms with Crippen molar-refractivity contribution >= 4 is 43.2 Å². The van der Waals surface area contributed by atoms with Crippen molar-refractivity contribution in [1.29, 1.82) is 0 Å². The standard InChI is InChI=1S/C27H38N6O4S2/c1-6-39(36,37)12-16-11-17(23(35)22(16)34)31-24-19(14(2)30-26(33-24)29-13-27(3,4)5)25-32-21-18(38-25)9-10-28-20(21)15-7-8-15/h9-10,15-17,22-23,34-35H,6-8,11-13H2,1-5H3,(H2,29,30,31,33)/t16-,17?,22-,23+/m1/s1. The van der Waals surface area contributed by atoms with Gasteiger partial charge in [-0.05, 0) is 37.7 Å². The minimum atomic E-state index is -3.31. The van der Waals surface area contributed by atoms with Gasteiger partial charge in [-0.2, -0.15) is 4.98 Å². The van der Waals surface area contributed by atoms with Crippen LogP contribution >= 0.6 is 11.3 Å². The van der Waals surface area contributed by atoms with E-state index in [0.717, 1.165) is 45.0 Å². The summed E-state index contributed by atoms with van der Waals surface area (Å²) in [6.07, 6.45) is 2.09. The normalized spacial score (nSPS) is 23.9. The number of rotatable bonds is 9.